The first-order valence-electron chi connectivity index (χ1n) is 12.4. The number of fused-ring (bicyclic) bond motifs is 3. The highest BCUT2D eigenvalue weighted by Crippen LogP contribution is 2.65. The summed E-state index contributed by atoms with van der Waals surface area (Å²) in [7, 11) is 3.81. The van der Waals surface area contributed by atoms with Crippen molar-refractivity contribution < 1.29 is 9.53 Å². The van der Waals surface area contributed by atoms with Gasteiger partial charge >= 0.3 is 0 Å². The van der Waals surface area contributed by atoms with Crippen LogP contribution in [0.4, 0.5) is 11.5 Å². The standard InChI is InChI=1S/C28H28N6O2/c1-33-9-11-34(12-10-33)25-14-18(7-8-29-25)26-20-5-3-17(13-24(20)31-32-26)22-16-28(22)21-15-19(36-2)4-6-23(21)30-27(28)35/h3-8,13-15,22H,9-12,16H2,1-2H3,(H,30,35)(H,31,32)/t22-,28?/m0/s1. The molecule has 4 aromatic rings. The number of pyridine rings is 1. The number of aromatic nitrogens is 3. The molecule has 7 rings (SSSR count). The van der Waals surface area contributed by atoms with Gasteiger partial charge in [0.05, 0.1) is 18.0 Å². The van der Waals surface area contributed by atoms with Gasteiger partial charge in [0.15, 0.2) is 0 Å². The van der Waals surface area contributed by atoms with Crippen LogP contribution in [0.2, 0.25) is 0 Å². The van der Waals surface area contributed by atoms with Gasteiger partial charge < -0.3 is 19.9 Å². The molecule has 2 N–H and O–H groups in total. The highest BCUT2D eigenvalue weighted by atomic mass is 16.5. The van der Waals surface area contributed by atoms with Crippen LogP contribution < -0.4 is 15.0 Å². The second-order valence-corrected chi connectivity index (χ2v) is 10.2. The highest BCUT2D eigenvalue weighted by molar-refractivity contribution is 6.10. The van der Waals surface area contributed by atoms with Crippen LogP contribution in [0.3, 0.4) is 0 Å². The summed E-state index contributed by atoms with van der Waals surface area (Å²) in [5.74, 6) is 1.98. The van der Waals surface area contributed by atoms with Crippen LogP contribution in [0.15, 0.2) is 54.7 Å². The molecular formula is C28H28N6O2. The van der Waals surface area contributed by atoms with Gasteiger partial charge in [-0.15, -0.1) is 0 Å². The zero-order valence-electron chi connectivity index (χ0n) is 20.4. The number of H-pyrrole nitrogens is 1. The number of nitrogens with zero attached hydrogens (tertiary/aromatic N) is 4. The largest absolute Gasteiger partial charge is 0.497 e. The first kappa shape index (κ1) is 21.4. The monoisotopic (exact) mass is 480 g/mol. The number of benzene rings is 2. The van der Waals surface area contributed by atoms with Gasteiger partial charge in [-0.25, -0.2) is 4.98 Å². The summed E-state index contributed by atoms with van der Waals surface area (Å²) >= 11 is 0. The first-order valence-corrected chi connectivity index (χ1v) is 12.4. The fourth-order valence-corrected chi connectivity index (χ4v) is 5.95. The van der Waals surface area contributed by atoms with Crippen LogP contribution in [-0.4, -0.2) is 66.3 Å². The molecule has 8 nitrogen and oxygen atoms in total. The van der Waals surface area contributed by atoms with Gasteiger partial charge in [0.1, 0.15) is 17.3 Å². The lowest BCUT2D eigenvalue weighted by Crippen LogP contribution is -2.44. The molecule has 3 aliphatic rings. The van der Waals surface area contributed by atoms with Crippen molar-refractivity contribution >= 4 is 28.3 Å². The summed E-state index contributed by atoms with van der Waals surface area (Å²) in [5, 5.41) is 12.0. The molecule has 1 saturated heterocycles. The minimum Gasteiger partial charge on any atom is -0.497 e. The quantitative estimate of drug-likeness (QED) is 0.463. The topological polar surface area (TPSA) is 86.4 Å². The van der Waals surface area contributed by atoms with E-state index in [-0.39, 0.29) is 11.8 Å². The summed E-state index contributed by atoms with van der Waals surface area (Å²) in [5.41, 5.74) is 5.52. The highest BCUT2D eigenvalue weighted by Gasteiger charge is 2.65. The van der Waals surface area contributed by atoms with Gasteiger partial charge in [0.25, 0.3) is 0 Å². The zero-order chi connectivity index (χ0) is 24.4. The van der Waals surface area contributed by atoms with E-state index in [1.165, 1.54) is 0 Å². The number of ether oxygens (including phenoxy) is 1. The maximum atomic E-state index is 13.0. The Labute approximate surface area is 209 Å². The van der Waals surface area contributed by atoms with Gasteiger partial charge in [-0.3, -0.25) is 9.89 Å². The van der Waals surface area contributed by atoms with Gasteiger partial charge in [0, 0.05) is 54.9 Å². The molecule has 8 heteroatoms. The fraction of sp³-hybridized carbons (Fsp3) is 0.321. The van der Waals surface area contributed by atoms with Gasteiger partial charge in [-0.05, 0) is 61.0 Å². The molecule has 1 aliphatic carbocycles. The van der Waals surface area contributed by atoms with Crippen molar-refractivity contribution in [1.29, 1.82) is 0 Å². The predicted octanol–water partition coefficient (Wildman–Crippen LogP) is 3.76. The van der Waals surface area contributed by atoms with E-state index in [0.29, 0.717) is 0 Å². The van der Waals surface area contributed by atoms with Crippen LogP contribution in [0.25, 0.3) is 22.2 Å². The molecule has 1 spiro atoms. The molecule has 1 amide bonds. The maximum absolute atomic E-state index is 13.0. The average Bonchev–Trinajstić information content (AvgIpc) is 3.43. The van der Waals surface area contributed by atoms with E-state index in [2.05, 4.69) is 61.6 Å². The molecule has 2 aromatic heterocycles. The second-order valence-electron chi connectivity index (χ2n) is 10.2. The summed E-state index contributed by atoms with van der Waals surface area (Å²) in [6.07, 6.45) is 2.67. The number of rotatable bonds is 4. The van der Waals surface area contributed by atoms with Crippen LogP contribution in [0.1, 0.15) is 23.5 Å². The minimum atomic E-state index is -0.511. The van der Waals surface area contributed by atoms with Gasteiger partial charge in [-0.1, -0.05) is 12.1 Å². The molecule has 4 heterocycles. The van der Waals surface area contributed by atoms with E-state index in [4.69, 9.17) is 4.74 Å². The third-order valence-corrected chi connectivity index (χ3v) is 8.16. The van der Waals surface area contributed by atoms with Crippen LogP contribution in [0.5, 0.6) is 5.75 Å². The number of nitrogens with one attached hydrogen (secondary N) is 2. The molecule has 0 radical (unpaired) electrons. The minimum absolute atomic E-state index is 0.0781. The van der Waals surface area contributed by atoms with Crippen molar-refractivity contribution in [2.75, 3.05) is 50.6 Å². The van der Waals surface area contributed by atoms with Crippen molar-refractivity contribution in [1.82, 2.24) is 20.1 Å². The Morgan fingerprint density at radius 3 is 2.75 bits per heavy atom. The molecule has 1 unspecified atom stereocenters. The van der Waals surface area contributed by atoms with Crippen LogP contribution in [-0.2, 0) is 10.2 Å². The van der Waals surface area contributed by atoms with E-state index in [0.717, 1.165) is 83.1 Å². The van der Waals surface area contributed by atoms with E-state index in [1.807, 2.05) is 30.5 Å². The van der Waals surface area contributed by atoms with E-state index < -0.39 is 5.41 Å². The molecular weight excluding hydrogens is 452 g/mol. The molecule has 0 bridgehead atoms. The number of hydrogen-bond acceptors (Lipinski definition) is 6. The Bertz CT molecular complexity index is 1510. The number of methoxy groups -OCH3 is 1. The van der Waals surface area contributed by atoms with Crippen molar-refractivity contribution in [3.05, 3.63) is 65.9 Å². The number of aromatic amines is 1. The average molecular weight is 481 g/mol. The number of likely N-dealkylation sites (N-methyl/N-ethyl adjacent to an activating group) is 1. The normalized spacial score (nSPS) is 23.2. The van der Waals surface area contributed by atoms with E-state index >= 15 is 0 Å². The molecule has 36 heavy (non-hydrogen) atoms. The van der Waals surface area contributed by atoms with Crippen LogP contribution in [0, 0.1) is 0 Å². The smallest absolute Gasteiger partial charge is 0.235 e. The first-order chi connectivity index (χ1) is 17.6. The molecule has 2 atom stereocenters. The Balaban J connectivity index is 1.20. The lowest BCUT2D eigenvalue weighted by atomic mass is 9.91. The summed E-state index contributed by atoms with van der Waals surface area (Å²) in [6.45, 7) is 4.03. The summed E-state index contributed by atoms with van der Waals surface area (Å²) in [4.78, 5) is 22.3. The second kappa shape index (κ2) is 7.80. The third kappa shape index (κ3) is 3.14. The van der Waals surface area contributed by atoms with Crippen molar-refractivity contribution in [3.63, 3.8) is 0 Å². The number of carbonyl (C=O) groups excluding carboxylic acids is 1. The van der Waals surface area contributed by atoms with Gasteiger partial charge in [0.2, 0.25) is 5.91 Å². The van der Waals surface area contributed by atoms with E-state index in [1.54, 1.807) is 7.11 Å². The lowest BCUT2D eigenvalue weighted by molar-refractivity contribution is -0.118. The maximum Gasteiger partial charge on any atom is 0.235 e. The molecule has 182 valence electrons. The van der Waals surface area contributed by atoms with Crippen LogP contribution >= 0.6 is 0 Å². The third-order valence-electron chi connectivity index (χ3n) is 8.16. The Morgan fingerprint density at radius 2 is 1.92 bits per heavy atom. The fourth-order valence-electron chi connectivity index (χ4n) is 5.95. The zero-order valence-corrected chi connectivity index (χ0v) is 20.4. The molecule has 2 fully saturated rings. The summed E-state index contributed by atoms with van der Waals surface area (Å²) in [6, 6.07) is 16.4. The molecule has 2 aliphatic heterocycles. The number of amides is 1. The van der Waals surface area contributed by atoms with Crippen molar-refractivity contribution in [2.45, 2.75) is 17.8 Å². The van der Waals surface area contributed by atoms with Crippen molar-refractivity contribution in [3.8, 4) is 17.0 Å². The Hall–Kier alpha value is -3.91. The lowest BCUT2D eigenvalue weighted by Gasteiger charge is -2.33. The number of carbonyl (C=O) groups is 1. The predicted molar refractivity (Wildman–Crippen MR) is 140 cm³/mol. The number of anilines is 2. The molecule has 2 aromatic carbocycles. The summed E-state index contributed by atoms with van der Waals surface area (Å²) < 4.78 is 5.43. The Morgan fingerprint density at radius 1 is 1.06 bits per heavy atom. The van der Waals surface area contributed by atoms with Gasteiger partial charge in [-0.2, -0.15) is 5.10 Å². The Kier molecular flexibility index (Phi) is 4.63. The molecule has 1 saturated carbocycles. The SMILES string of the molecule is COc1ccc2c(c1)C1(C[C@H]1c1ccc3c(-c4ccnc(N5CCN(C)CC5)c4)n[nH]c3c1)C(=O)N2. The number of piperazine rings is 1. The van der Waals surface area contributed by atoms with Crippen molar-refractivity contribution in [2.24, 2.45) is 0 Å². The van der Waals surface area contributed by atoms with E-state index in [9.17, 15) is 4.79 Å². The number of hydrogen-bond donors (Lipinski definition) is 2.